The lowest BCUT2D eigenvalue weighted by Gasteiger charge is -2.18. The number of benzene rings is 1. The molecule has 2 rings (SSSR count). The first kappa shape index (κ1) is 18.3. The van der Waals surface area contributed by atoms with E-state index < -0.39 is 40.0 Å². The van der Waals surface area contributed by atoms with Crippen molar-refractivity contribution in [3.05, 3.63) is 69.2 Å². The summed E-state index contributed by atoms with van der Waals surface area (Å²) in [5.74, 6) is -1.79. The second kappa shape index (κ2) is 6.81. The number of nitro groups is 1. The van der Waals surface area contributed by atoms with Crippen molar-refractivity contribution in [1.29, 1.82) is 5.26 Å². The molecule has 1 aromatic rings. The molecular weight excluding hydrogens is 332 g/mol. The van der Waals surface area contributed by atoms with Crippen LogP contribution in [0.5, 0.6) is 0 Å². The summed E-state index contributed by atoms with van der Waals surface area (Å²) in [6.45, 7) is 3.36. The molecule has 0 aromatic heterocycles. The van der Waals surface area contributed by atoms with Crippen LogP contribution in [0.3, 0.4) is 0 Å². The highest BCUT2D eigenvalue weighted by atomic mass is 19.1. The van der Waals surface area contributed by atoms with Gasteiger partial charge < -0.3 is 5.32 Å². The number of carbonyl (C=O) groups is 1. The van der Waals surface area contributed by atoms with Crippen molar-refractivity contribution < 1.29 is 18.5 Å². The van der Waals surface area contributed by atoms with E-state index in [1.165, 1.54) is 12.1 Å². The van der Waals surface area contributed by atoms with E-state index >= 15 is 0 Å². The average molecular weight is 347 g/mol. The summed E-state index contributed by atoms with van der Waals surface area (Å²) in [6, 6.07) is 6.53. The first-order valence-corrected chi connectivity index (χ1v) is 7.36. The average Bonchev–Trinajstić information content (AvgIpc) is 2.57. The number of alkyl halides is 1. The molecule has 0 heterocycles. The molecule has 1 aliphatic carbocycles. The van der Waals surface area contributed by atoms with Crippen molar-refractivity contribution >= 4 is 5.91 Å². The third kappa shape index (κ3) is 3.88. The number of nitrogens with zero attached hydrogens (tertiary/aromatic N) is 2. The largest absolute Gasteiger partial charge is 0.320 e. The van der Waals surface area contributed by atoms with E-state index in [-0.39, 0.29) is 5.56 Å². The molecule has 0 saturated heterocycles. The number of hydrogen-bond donors (Lipinski definition) is 1. The Kier molecular flexibility index (Phi) is 4.97. The van der Waals surface area contributed by atoms with Crippen LogP contribution in [0.4, 0.5) is 8.78 Å². The van der Waals surface area contributed by atoms with Gasteiger partial charge in [-0.1, -0.05) is 12.1 Å². The van der Waals surface area contributed by atoms with E-state index in [1.807, 2.05) is 0 Å². The Morgan fingerprint density at radius 3 is 2.68 bits per heavy atom. The Bertz CT molecular complexity index is 825. The molecule has 0 fully saturated rings. The van der Waals surface area contributed by atoms with Crippen LogP contribution in [0.2, 0.25) is 0 Å². The Labute approximate surface area is 142 Å². The standard InChI is InChI=1S/C17H15F2N3O3/c1-17(2,9-20)11-5-3-4-10(6-11)16(23)21-14-8-15(22(24)25)13(19)7-12(14)18/h3-8,13,15H,1-2H3,(H,21,23)/t13?,15-/m1/s1. The van der Waals surface area contributed by atoms with Crippen LogP contribution in [0.1, 0.15) is 29.8 Å². The summed E-state index contributed by atoms with van der Waals surface area (Å²) in [5, 5.41) is 22.2. The summed E-state index contributed by atoms with van der Waals surface area (Å²) in [6.07, 6.45) is -0.908. The predicted octanol–water partition coefficient (Wildman–Crippen LogP) is 2.95. The molecule has 130 valence electrons. The topological polar surface area (TPSA) is 96.0 Å². The lowest BCUT2D eigenvalue weighted by Crippen LogP contribution is -2.34. The SMILES string of the molecule is CC(C)(C#N)c1cccc(C(=O)NC2=C[C@@H]([N+](=O)[O-])C(F)C=C2F)c1. The highest BCUT2D eigenvalue weighted by Crippen LogP contribution is 2.25. The third-order valence-electron chi connectivity index (χ3n) is 3.84. The zero-order valence-electron chi connectivity index (χ0n) is 13.5. The highest BCUT2D eigenvalue weighted by Gasteiger charge is 2.34. The minimum Gasteiger partial charge on any atom is -0.320 e. The molecule has 1 aromatic carbocycles. The number of nitrogens with one attached hydrogen (secondary N) is 1. The fourth-order valence-corrected chi connectivity index (χ4v) is 2.26. The Morgan fingerprint density at radius 2 is 2.08 bits per heavy atom. The molecule has 1 N–H and O–H groups in total. The minimum absolute atomic E-state index is 0.148. The molecule has 25 heavy (non-hydrogen) atoms. The van der Waals surface area contributed by atoms with Gasteiger partial charge in [0.15, 0.2) is 6.17 Å². The van der Waals surface area contributed by atoms with Crippen molar-refractivity contribution in [2.75, 3.05) is 0 Å². The van der Waals surface area contributed by atoms with E-state index in [9.17, 15) is 23.7 Å². The van der Waals surface area contributed by atoms with Gasteiger partial charge in [-0.25, -0.2) is 8.78 Å². The summed E-state index contributed by atoms with van der Waals surface area (Å²) in [7, 11) is 0. The maximum absolute atomic E-state index is 13.8. The molecule has 8 heteroatoms. The molecule has 1 aliphatic rings. The first-order chi connectivity index (χ1) is 11.7. The van der Waals surface area contributed by atoms with Crippen molar-refractivity contribution in [3.8, 4) is 6.07 Å². The van der Waals surface area contributed by atoms with Gasteiger partial charge in [0, 0.05) is 16.6 Å². The molecule has 0 radical (unpaired) electrons. The zero-order chi connectivity index (χ0) is 18.8. The quantitative estimate of drug-likeness (QED) is 0.669. The van der Waals surface area contributed by atoms with E-state index in [0.717, 1.165) is 6.08 Å². The number of halogens is 2. The number of amides is 1. The normalized spacial score (nSPS) is 20.1. The maximum atomic E-state index is 13.8. The van der Waals surface area contributed by atoms with Crippen LogP contribution in [0.25, 0.3) is 0 Å². The third-order valence-corrected chi connectivity index (χ3v) is 3.84. The van der Waals surface area contributed by atoms with Gasteiger partial charge in [0.25, 0.3) is 11.9 Å². The Morgan fingerprint density at radius 1 is 1.40 bits per heavy atom. The van der Waals surface area contributed by atoms with Crippen molar-refractivity contribution in [2.45, 2.75) is 31.5 Å². The molecule has 6 nitrogen and oxygen atoms in total. The first-order valence-electron chi connectivity index (χ1n) is 7.36. The van der Waals surface area contributed by atoms with Gasteiger partial charge in [-0.15, -0.1) is 0 Å². The number of allylic oxidation sites excluding steroid dienone is 1. The van der Waals surface area contributed by atoms with Crippen LogP contribution >= 0.6 is 0 Å². The number of rotatable bonds is 4. The van der Waals surface area contributed by atoms with Crippen molar-refractivity contribution in [2.24, 2.45) is 0 Å². The molecule has 1 amide bonds. The van der Waals surface area contributed by atoms with Gasteiger partial charge in [-0.05, 0) is 37.6 Å². The monoisotopic (exact) mass is 347 g/mol. The highest BCUT2D eigenvalue weighted by molar-refractivity contribution is 5.96. The van der Waals surface area contributed by atoms with Gasteiger partial charge in [-0.2, -0.15) is 5.26 Å². The lowest BCUT2D eigenvalue weighted by molar-refractivity contribution is -0.515. The summed E-state index contributed by atoms with van der Waals surface area (Å²) < 4.78 is 27.3. The molecular formula is C17H15F2N3O3. The summed E-state index contributed by atoms with van der Waals surface area (Å²) >= 11 is 0. The van der Waals surface area contributed by atoms with Crippen LogP contribution in [-0.2, 0) is 5.41 Å². The van der Waals surface area contributed by atoms with Gasteiger partial charge in [0.2, 0.25) is 0 Å². The summed E-state index contributed by atoms with van der Waals surface area (Å²) in [5.41, 5.74) is -0.549. The maximum Gasteiger partial charge on any atom is 0.268 e. The second-order valence-corrected chi connectivity index (χ2v) is 6.09. The molecule has 2 atom stereocenters. The number of nitriles is 1. The van der Waals surface area contributed by atoms with Crippen molar-refractivity contribution in [3.63, 3.8) is 0 Å². The fourth-order valence-electron chi connectivity index (χ4n) is 2.26. The number of hydrogen-bond acceptors (Lipinski definition) is 4. The molecule has 0 bridgehead atoms. The van der Waals surface area contributed by atoms with Gasteiger partial charge in [-0.3, -0.25) is 14.9 Å². The van der Waals surface area contributed by atoms with Crippen LogP contribution in [-0.4, -0.2) is 23.0 Å². The zero-order valence-corrected chi connectivity index (χ0v) is 13.5. The van der Waals surface area contributed by atoms with Gasteiger partial charge in [0.05, 0.1) is 17.2 Å². The molecule has 0 saturated carbocycles. The van der Waals surface area contributed by atoms with Gasteiger partial charge in [0.1, 0.15) is 5.83 Å². The Hall–Kier alpha value is -3.08. The van der Waals surface area contributed by atoms with E-state index in [4.69, 9.17) is 5.26 Å². The van der Waals surface area contributed by atoms with Crippen LogP contribution < -0.4 is 5.32 Å². The Balaban J connectivity index is 2.27. The van der Waals surface area contributed by atoms with E-state index in [1.54, 1.807) is 26.0 Å². The fraction of sp³-hybridized carbons (Fsp3) is 0.294. The van der Waals surface area contributed by atoms with Crippen LogP contribution in [0.15, 0.2) is 47.9 Å². The van der Waals surface area contributed by atoms with Gasteiger partial charge >= 0.3 is 0 Å². The van der Waals surface area contributed by atoms with Crippen LogP contribution in [0, 0.1) is 21.4 Å². The smallest absolute Gasteiger partial charge is 0.268 e. The summed E-state index contributed by atoms with van der Waals surface area (Å²) in [4.78, 5) is 22.2. The minimum atomic E-state index is -2.10. The lowest BCUT2D eigenvalue weighted by atomic mass is 9.85. The molecule has 0 aliphatic heterocycles. The molecule has 0 spiro atoms. The number of carbonyl (C=O) groups excluding carboxylic acids is 1. The predicted molar refractivity (Wildman–Crippen MR) is 85.5 cm³/mol. The second-order valence-electron chi connectivity index (χ2n) is 6.09. The van der Waals surface area contributed by atoms with E-state index in [0.29, 0.717) is 11.6 Å². The van der Waals surface area contributed by atoms with E-state index in [2.05, 4.69) is 11.4 Å². The van der Waals surface area contributed by atoms with Crippen molar-refractivity contribution in [1.82, 2.24) is 5.32 Å². The molecule has 1 unspecified atom stereocenters.